The van der Waals surface area contributed by atoms with Gasteiger partial charge in [-0.3, -0.25) is 9.11 Å². The van der Waals surface area contributed by atoms with Crippen LogP contribution in [-0.2, 0) is 19.5 Å². The van der Waals surface area contributed by atoms with Gasteiger partial charge >= 0.3 is 124 Å². The molecule has 0 aromatic rings. The minimum absolute atomic E-state index is 0. The molecule has 2 N–H and O–H groups in total. The van der Waals surface area contributed by atoms with Crippen LogP contribution in [0.2, 0.25) is 0 Å². The summed E-state index contributed by atoms with van der Waals surface area (Å²) >= 11 is 0. The third-order valence-corrected chi connectivity index (χ3v) is 0. The van der Waals surface area contributed by atoms with Crippen molar-refractivity contribution in [2.24, 2.45) is 0 Å². The predicted molar refractivity (Wildman–Crippen MR) is 46.7 cm³/mol. The van der Waals surface area contributed by atoms with Crippen molar-refractivity contribution in [3.63, 3.8) is 0 Å². The molecule has 0 aliphatic carbocycles. The van der Waals surface area contributed by atoms with E-state index in [0.717, 1.165) is 0 Å². The summed E-state index contributed by atoms with van der Waals surface area (Å²) in [4.78, 5) is 51.3. The Hall–Kier alpha value is 3.87. The molecule has 0 spiro atoms. The summed E-state index contributed by atoms with van der Waals surface area (Å²) < 4.78 is 48.7. The fraction of sp³-hybridized carbons (Fsp3) is 0. The Kier molecular flexibility index (Phi) is 36.2. The van der Waals surface area contributed by atoms with Crippen molar-refractivity contribution in [3.8, 4) is 0 Å². The second-order valence-electron chi connectivity index (χ2n) is 1.34. The monoisotopic (exact) mass is 408 g/mol. The van der Waals surface area contributed by atoms with E-state index in [1.165, 1.54) is 0 Å². The molecule has 0 aliphatic rings. The van der Waals surface area contributed by atoms with Crippen LogP contribution in [0.15, 0.2) is 0 Å². The van der Waals surface area contributed by atoms with Crippen molar-refractivity contribution in [1.29, 1.82) is 0 Å². The smallest absolute Gasteiger partial charge is 0.822 e. The predicted octanol–water partition coefficient (Wildman–Crippen LogP) is -7.44. The van der Waals surface area contributed by atoms with E-state index in [4.69, 9.17) is 56.0 Å². The van der Waals surface area contributed by atoms with Crippen LogP contribution in [-0.4, -0.2) is 131 Å². The Labute approximate surface area is 191 Å². The van der Waals surface area contributed by atoms with Gasteiger partial charge in [-0.15, -0.1) is 0 Å². The van der Waals surface area contributed by atoms with E-state index in [2.05, 4.69) is 0 Å². The van der Waals surface area contributed by atoms with Crippen molar-refractivity contribution in [1.82, 2.24) is 0 Å². The van der Waals surface area contributed by atoms with Gasteiger partial charge in [0.2, 0.25) is 0 Å². The molecular weight excluding hydrogens is 406 g/mol. The molecule has 0 unspecified atom stereocenters. The minimum Gasteiger partial charge on any atom is -0.822 e. The molecule has 12 nitrogen and oxygen atoms in total. The standard InChI is InChI=1S/3Ca.2H3O4P.H2O4S/c;;;3*1-5(2,3)4/h;;;2*(H3,1,2,3,4);(H2,1,2,3,4)/q3*+2;;;/p-6. The average Bonchev–Trinajstić information content (AvgIpc) is 1.41. The third kappa shape index (κ3) is 473. The maximum absolute atomic E-state index is 8.74. The molecule has 18 heavy (non-hydrogen) atoms. The van der Waals surface area contributed by atoms with Gasteiger partial charge in [0.1, 0.15) is 0 Å². The first-order valence-corrected chi connectivity index (χ1v) is 6.48. The van der Waals surface area contributed by atoms with Gasteiger partial charge in [0.05, 0.1) is 0 Å². The number of hydrogen-bond acceptors (Lipinski definition) is 10. The van der Waals surface area contributed by atoms with Crippen molar-refractivity contribution in [2.45, 2.75) is 0 Å². The third-order valence-electron chi connectivity index (χ3n) is 0. The van der Waals surface area contributed by atoms with Crippen molar-refractivity contribution in [2.75, 3.05) is 0 Å². The zero-order valence-corrected chi connectivity index (χ0v) is 17.6. The first-order valence-electron chi connectivity index (χ1n) is 2.16. The van der Waals surface area contributed by atoms with Crippen LogP contribution in [0.25, 0.3) is 0 Å². The summed E-state index contributed by atoms with van der Waals surface area (Å²) in [5, 5.41) is 0. The molecule has 0 radical (unpaired) electrons. The van der Waals surface area contributed by atoms with E-state index in [0.29, 0.717) is 0 Å². The van der Waals surface area contributed by atoms with Crippen molar-refractivity contribution in [3.05, 3.63) is 0 Å². The molecule has 96 valence electrons. The molecule has 0 heterocycles. The van der Waals surface area contributed by atoms with Gasteiger partial charge in [0.15, 0.2) is 0 Å². The van der Waals surface area contributed by atoms with Gasteiger partial charge in [-0.25, -0.2) is 0 Å². The Bertz CT molecular complexity index is 290. The summed E-state index contributed by atoms with van der Waals surface area (Å²) in [5.74, 6) is 0. The molecule has 0 saturated carbocycles. The molecule has 0 aliphatic heterocycles. The number of rotatable bonds is 0. The summed E-state index contributed by atoms with van der Waals surface area (Å²) in [6.45, 7) is 0. The SMILES string of the molecule is O=P([O-])([O-])[O-].O=P([O-])([O-])[O-].O=S(=O)(O)O.[Ca+2].[Ca+2].[Ca+2]. The number of phosphoric acid groups is 2. The van der Waals surface area contributed by atoms with Gasteiger partial charge in [0.25, 0.3) is 0 Å². The van der Waals surface area contributed by atoms with E-state index in [-0.39, 0.29) is 113 Å². The normalized spacial score (nSPS) is 9.78. The summed E-state index contributed by atoms with van der Waals surface area (Å²) in [6, 6.07) is 0. The fourth-order valence-corrected chi connectivity index (χ4v) is 0. The van der Waals surface area contributed by atoms with E-state index in [9.17, 15) is 0 Å². The summed E-state index contributed by atoms with van der Waals surface area (Å²) in [7, 11) is -15.4. The fourth-order valence-electron chi connectivity index (χ4n) is 0. The Morgan fingerprint density at radius 1 is 0.667 bits per heavy atom. The largest absolute Gasteiger partial charge is 2.00 e. The molecule has 0 saturated heterocycles. The van der Waals surface area contributed by atoms with Crippen molar-refractivity contribution >= 4 is 139 Å². The van der Waals surface area contributed by atoms with E-state index >= 15 is 0 Å². The maximum atomic E-state index is 8.74. The number of hydrogen-bond donors (Lipinski definition) is 2. The van der Waals surface area contributed by atoms with Crippen LogP contribution in [0.5, 0.6) is 0 Å². The van der Waals surface area contributed by atoms with E-state index in [1.54, 1.807) is 0 Å². The van der Waals surface area contributed by atoms with Gasteiger partial charge in [-0.2, -0.15) is 24.1 Å². The summed E-state index contributed by atoms with van der Waals surface area (Å²) in [5.41, 5.74) is 0. The first-order chi connectivity index (χ1) is 6.00. The maximum Gasteiger partial charge on any atom is 2.00 e. The topological polar surface area (TPSA) is 247 Å². The molecule has 0 aromatic heterocycles. The molecule has 0 atom stereocenters. The van der Waals surface area contributed by atoms with Crippen molar-refractivity contribution < 1.29 is 56.0 Å². The van der Waals surface area contributed by atoms with Crippen LogP contribution in [0.4, 0.5) is 0 Å². The molecule has 0 aromatic carbocycles. The first kappa shape index (κ1) is 37.8. The van der Waals surface area contributed by atoms with Gasteiger partial charge in [0, 0.05) is 0 Å². The average molecular weight is 408 g/mol. The zero-order chi connectivity index (χ0) is 13.5. The van der Waals surface area contributed by atoms with Gasteiger partial charge in [-0.1, -0.05) is 0 Å². The Morgan fingerprint density at radius 2 is 0.667 bits per heavy atom. The Morgan fingerprint density at radius 3 is 0.667 bits per heavy atom. The minimum atomic E-state index is -5.39. The van der Waals surface area contributed by atoms with E-state index < -0.39 is 26.0 Å². The molecular formula is H2Ca3O12P2S. The van der Waals surface area contributed by atoms with Gasteiger partial charge < -0.3 is 38.5 Å². The van der Waals surface area contributed by atoms with Crippen LogP contribution in [0.3, 0.4) is 0 Å². The quantitative estimate of drug-likeness (QED) is 0.215. The Balaban J connectivity index is -0.0000000277. The molecule has 0 amide bonds. The van der Waals surface area contributed by atoms with Crippen LogP contribution < -0.4 is 29.4 Å². The zero-order valence-electron chi connectivity index (χ0n) is 8.40. The second-order valence-corrected chi connectivity index (χ2v) is 4.03. The molecule has 0 fully saturated rings. The molecule has 0 bridgehead atoms. The van der Waals surface area contributed by atoms with Gasteiger partial charge in [-0.05, 0) is 0 Å². The van der Waals surface area contributed by atoms with E-state index in [1.807, 2.05) is 0 Å². The summed E-state index contributed by atoms with van der Waals surface area (Å²) in [6.07, 6.45) is 0. The second kappa shape index (κ2) is 17.2. The molecule has 0 rings (SSSR count). The van der Waals surface area contributed by atoms with Crippen LogP contribution in [0.1, 0.15) is 0 Å². The van der Waals surface area contributed by atoms with Crippen LogP contribution >= 0.6 is 15.6 Å². The van der Waals surface area contributed by atoms with Crippen LogP contribution in [0, 0.1) is 0 Å². The molecule has 18 heteroatoms.